The van der Waals surface area contributed by atoms with Gasteiger partial charge in [-0.1, -0.05) is 23.9 Å². The lowest BCUT2D eigenvalue weighted by atomic mass is 10.3. The summed E-state index contributed by atoms with van der Waals surface area (Å²) in [6, 6.07) is 14.0. The van der Waals surface area contributed by atoms with Crippen LogP contribution in [0.4, 0.5) is 5.69 Å². The Morgan fingerprint density at radius 3 is 2.58 bits per heavy atom. The highest BCUT2D eigenvalue weighted by atomic mass is 32.2. The minimum atomic E-state index is -3.58. The van der Waals surface area contributed by atoms with Crippen molar-refractivity contribution in [2.75, 3.05) is 17.6 Å². The van der Waals surface area contributed by atoms with Gasteiger partial charge in [0, 0.05) is 24.9 Å². The zero-order valence-electron chi connectivity index (χ0n) is 13.9. The van der Waals surface area contributed by atoms with E-state index in [1.807, 2.05) is 24.3 Å². The van der Waals surface area contributed by atoms with Crippen molar-refractivity contribution in [2.24, 2.45) is 0 Å². The number of hydrogen-bond donors (Lipinski definition) is 2. The molecule has 2 N–H and O–H groups in total. The Morgan fingerprint density at radius 2 is 1.88 bits per heavy atom. The molecule has 0 aliphatic rings. The highest BCUT2D eigenvalue weighted by Crippen LogP contribution is 2.28. The van der Waals surface area contributed by atoms with E-state index in [0.717, 1.165) is 14.6 Å². The maximum absolute atomic E-state index is 12.3. The van der Waals surface area contributed by atoms with Gasteiger partial charge in [0.1, 0.15) is 0 Å². The van der Waals surface area contributed by atoms with Crippen LogP contribution in [0, 0.1) is 0 Å². The van der Waals surface area contributed by atoms with E-state index >= 15 is 0 Å². The lowest BCUT2D eigenvalue weighted by Crippen LogP contribution is -2.26. The molecule has 2 aromatic carbocycles. The van der Waals surface area contributed by atoms with Gasteiger partial charge in [-0.3, -0.25) is 4.79 Å². The Kier molecular flexibility index (Phi) is 5.92. The normalized spacial score (nSPS) is 11.6. The van der Waals surface area contributed by atoms with E-state index in [2.05, 4.69) is 15.0 Å². The number of anilines is 1. The van der Waals surface area contributed by atoms with E-state index in [1.54, 1.807) is 23.5 Å². The summed E-state index contributed by atoms with van der Waals surface area (Å²) in [6.07, 6.45) is 0. The molecule has 0 aliphatic carbocycles. The largest absolute Gasteiger partial charge is 0.326 e. The van der Waals surface area contributed by atoms with Crippen molar-refractivity contribution in [1.29, 1.82) is 0 Å². The first kappa shape index (κ1) is 18.8. The minimum Gasteiger partial charge on any atom is -0.326 e. The lowest BCUT2D eigenvalue weighted by molar-refractivity contribution is -0.114. The van der Waals surface area contributed by atoms with E-state index in [4.69, 9.17) is 0 Å². The number of nitrogens with zero attached hydrogens (tertiary/aromatic N) is 1. The molecule has 136 valence electrons. The SMILES string of the molecule is CC(=O)Nc1ccc(S(=O)(=O)NCCSc2nc3ccccc3s2)cc1. The molecule has 0 saturated heterocycles. The summed E-state index contributed by atoms with van der Waals surface area (Å²) in [6.45, 7) is 1.70. The number of hydrogen-bond acceptors (Lipinski definition) is 6. The quantitative estimate of drug-likeness (QED) is 0.463. The van der Waals surface area contributed by atoms with Crippen molar-refractivity contribution in [2.45, 2.75) is 16.2 Å². The third-order valence-electron chi connectivity index (χ3n) is 3.38. The molecule has 0 saturated carbocycles. The van der Waals surface area contributed by atoms with Gasteiger partial charge >= 0.3 is 0 Å². The highest BCUT2D eigenvalue weighted by molar-refractivity contribution is 8.01. The lowest BCUT2D eigenvalue weighted by Gasteiger charge is -2.07. The summed E-state index contributed by atoms with van der Waals surface area (Å²) < 4.78 is 29.2. The van der Waals surface area contributed by atoms with E-state index in [0.29, 0.717) is 18.0 Å². The predicted octanol–water partition coefficient (Wildman–Crippen LogP) is 3.33. The number of carbonyl (C=O) groups excluding carboxylic acids is 1. The molecule has 9 heteroatoms. The van der Waals surface area contributed by atoms with Crippen LogP contribution in [0.2, 0.25) is 0 Å². The smallest absolute Gasteiger partial charge is 0.240 e. The molecule has 0 radical (unpaired) electrons. The molecule has 0 unspecified atom stereocenters. The maximum Gasteiger partial charge on any atom is 0.240 e. The molecule has 26 heavy (non-hydrogen) atoms. The Balaban J connectivity index is 1.53. The van der Waals surface area contributed by atoms with E-state index < -0.39 is 10.0 Å². The number of sulfonamides is 1. The van der Waals surface area contributed by atoms with Gasteiger partial charge in [-0.05, 0) is 36.4 Å². The molecule has 6 nitrogen and oxygen atoms in total. The number of nitrogens with one attached hydrogen (secondary N) is 2. The van der Waals surface area contributed by atoms with Crippen LogP contribution < -0.4 is 10.0 Å². The second-order valence-electron chi connectivity index (χ2n) is 5.40. The number of thioether (sulfide) groups is 1. The fraction of sp³-hybridized carbons (Fsp3) is 0.176. The van der Waals surface area contributed by atoms with Crippen molar-refractivity contribution < 1.29 is 13.2 Å². The van der Waals surface area contributed by atoms with Gasteiger partial charge in [-0.25, -0.2) is 18.1 Å². The Hall–Kier alpha value is -1.94. The fourth-order valence-electron chi connectivity index (χ4n) is 2.23. The van der Waals surface area contributed by atoms with Crippen LogP contribution in [0.25, 0.3) is 10.2 Å². The molecule has 1 aromatic heterocycles. The van der Waals surface area contributed by atoms with Gasteiger partial charge in [0.25, 0.3) is 0 Å². The zero-order chi connectivity index (χ0) is 18.6. The molecule has 3 rings (SSSR count). The summed E-state index contributed by atoms with van der Waals surface area (Å²) in [4.78, 5) is 15.7. The fourth-order valence-corrected chi connectivity index (χ4v) is 5.39. The summed E-state index contributed by atoms with van der Waals surface area (Å²) in [7, 11) is -3.58. The number of fused-ring (bicyclic) bond motifs is 1. The van der Waals surface area contributed by atoms with Crippen LogP contribution in [-0.4, -0.2) is 31.6 Å². The molecular weight excluding hydrogens is 390 g/mol. The number of benzene rings is 2. The Bertz CT molecular complexity index is 981. The van der Waals surface area contributed by atoms with Gasteiger partial charge in [0.15, 0.2) is 4.34 Å². The average molecular weight is 408 g/mol. The van der Waals surface area contributed by atoms with E-state index in [1.165, 1.54) is 30.8 Å². The number of rotatable bonds is 7. The first-order valence-electron chi connectivity index (χ1n) is 7.80. The summed E-state index contributed by atoms with van der Waals surface area (Å²) in [5.41, 5.74) is 1.52. The minimum absolute atomic E-state index is 0.164. The third-order valence-corrected chi connectivity index (χ3v) is 7.04. The van der Waals surface area contributed by atoms with Gasteiger partial charge in [-0.2, -0.15) is 0 Å². The van der Waals surface area contributed by atoms with Gasteiger partial charge < -0.3 is 5.32 Å². The molecule has 3 aromatic rings. The van der Waals surface area contributed by atoms with E-state index in [-0.39, 0.29) is 10.8 Å². The van der Waals surface area contributed by atoms with Gasteiger partial charge in [0.05, 0.1) is 15.1 Å². The molecule has 0 aliphatic heterocycles. The van der Waals surface area contributed by atoms with Crippen LogP contribution in [0.15, 0.2) is 57.8 Å². The first-order valence-corrected chi connectivity index (χ1v) is 11.1. The van der Waals surface area contributed by atoms with Crippen LogP contribution in [-0.2, 0) is 14.8 Å². The van der Waals surface area contributed by atoms with Gasteiger partial charge in [0.2, 0.25) is 15.9 Å². The first-order chi connectivity index (χ1) is 12.4. The summed E-state index contributed by atoms with van der Waals surface area (Å²) >= 11 is 3.12. The number of thiazole rings is 1. The predicted molar refractivity (Wildman–Crippen MR) is 106 cm³/mol. The molecule has 0 fully saturated rings. The topological polar surface area (TPSA) is 88.2 Å². The highest BCUT2D eigenvalue weighted by Gasteiger charge is 2.13. The monoisotopic (exact) mass is 407 g/mol. The second kappa shape index (κ2) is 8.17. The average Bonchev–Trinajstić information content (AvgIpc) is 3.01. The number of amides is 1. The van der Waals surface area contributed by atoms with Crippen LogP contribution in [0.1, 0.15) is 6.92 Å². The van der Waals surface area contributed by atoms with E-state index in [9.17, 15) is 13.2 Å². The Morgan fingerprint density at radius 1 is 1.15 bits per heavy atom. The third kappa shape index (κ3) is 4.82. The van der Waals surface area contributed by atoms with Gasteiger partial charge in [-0.15, -0.1) is 11.3 Å². The number of carbonyl (C=O) groups is 1. The van der Waals surface area contributed by atoms with Crippen LogP contribution in [0.3, 0.4) is 0 Å². The number of aromatic nitrogens is 1. The molecular formula is C17H17N3O3S3. The molecule has 0 atom stereocenters. The number of para-hydroxylation sites is 1. The van der Waals surface area contributed by atoms with Crippen molar-refractivity contribution in [3.05, 3.63) is 48.5 Å². The molecule has 1 heterocycles. The standard InChI is InChI=1S/C17H17N3O3S3/c1-12(21)19-13-6-8-14(9-7-13)26(22,23)18-10-11-24-17-20-15-4-2-3-5-16(15)25-17/h2-9,18H,10-11H2,1H3,(H,19,21). The summed E-state index contributed by atoms with van der Waals surface area (Å²) in [5, 5.41) is 2.60. The molecule has 0 spiro atoms. The van der Waals surface area contributed by atoms with Crippen molar-refractivity contribution >= 4 is 54.9 Å². The van der Waals surface area contributed by atoms with Crippen molar-refractivity contribution in [3.63, 3.8) is 0 Å². The molecule has 0 bridgehead atoms. The zero-order valence-corrected chi connectivity index (χ0v) is 16.4. The second-order valence-corrected chi connectivity index (χ2v) is 9.54. The maximum atomic E-state index is 12.3. The van der Waals surface area contributed by atoms with Crippen molar-refractivity contribution in [1.82, 2.24) is 9.71 Å². The molecule has 1 amide bonds. The summed E-state index contributed by atoms with van der Waals surface area (Å²) in [5.74, 6) is 0.383. The van der Waals surface area contributed by atoms with Crippen molar-refractivity contribution in [3.8, 4) is 0 Å². The van der Waals surface area contributed by atoms with Crippen LogP contribution in [0.5, 0.6) is 0 Å². The van der Waals surface area contributed by atoms with Crippen LogP contribution >= 0.6 is 23.1 Å². The Labute approximate surface area is 160 Å².